The summed E-state index contributed by atoms with van der Waals surface area (Å²) in [6.07, 6.45) is 8.04. The molecule has 0 saturated carbocycles. The van der Waals surface area contributed by atoms with Crippen molar-refractivity contribution >= 4 is 17.1 Å². The minimum absolute atomic E-state index is 0.496. The zero-order chi connectivity index (χ0) is 18.8. The second-order valence-corrected chi connectivity index (χ2v) is 7.44. The molecule has 0 aliphatic rings. The van der Waals surface area contributed by atoms with E-state index in [2.05, 4.69) is 92.2 Å². The van der Waals surface area contributed by atoms with Gasteiger partial charge in [0.15, 0.2) is 0 Å². The van der Waals surface area contributed by atoms with Gasteiger partial charge in [-0.15, -0.1) is 0 Å². The Kier molecular flexibility index (Phi) is 8.53. The molecule has 2 aromatic carbocycles. The molecule has 0 aromatic heterocycles. The number of unbranched alkanes of at least 4 members (excludes halogenated alkanes) is 5. The molecule has 0 atom stereocenters. The van der Waals surface area contributed by atoms with Gasteiger partial charge in [-0.05, 0) is 44.5 Å². The topological polar surface area (TPSA) is 6.48 Å². The van der Waals surface area contributed by atoms with Crippen LogP contribution in [0.25, 0.3) is 0 Å². The van der Waals surface area contributed by atoms with Gasteiger partial charge in [0.25, 0.3) is 0 Å². The van der Waals surface area contributed by atoms with Crippen molar-refractivity contribution in [2.75, 3.05) is 23.4 Å². The molecule has 0 amide bonds. The Labute approximate surface area is 160 Å². The van der Waals surface area contributed by atoms with Gasteiger partial charge in [0.2, 0.25) is 0 Å². The lowest BCUT2D eigenvalue weighted by Gasteiger charge is -2.33. The van der Waals surface area contributed by atoms with Crippen molar-refractivity contribution in [2.24, 2.45) is 0 Å². The molecule has 26 heavy (non-hydrogen) atoms. The number of para-hydroxylation sites is 3. The molecule has 0 unspecified atom stereocenters. The predicted octanol–water partition coefficient (Wildman–Crippen LogP) is 7.03. The first kappa shape index (κ1) is 20.4. The Balaban J connectivity index is 2.11. The zero-order valence-corrected chi connectivity index (χ0v) is 17.1. The fraction of sp³-hybridized carbons (Fsp3) is 0.500. The highest BCUT2D eigenvalue weighted by Crippen LogP contribution is 2.34. The van der Waals surface area contributed by atoms with Crippen molar-refractivity contribution in [1.82, 2.24) is 0 Å². The highest BCUT2D eigenvalue weighted by Gasteiger charge is 2.16. The summed E-state index contributed by atoms with van der Waals surface area (Å²) in [7, 11) is 2.16. The zero-order valence-electron chi connectivity index (χ0n) is 17.1. The molecule has 0 aliphatic carbocycles. The fourth-order valence-electron chi connectivity index (χ4n) is 3.50. The lowest BCUT2D eigenvalue weighted by Crippen LogP contribution is -2.33. The Hall–Kier alpha value is -1.96. The van der Waals surface area contributed by atoms with Gasteiger partial charge >= 0.3 is 0 Å². The first-order valence-corrected chi connectivity index (χ1v) is 10.3. The summed E-state index contributed by atoms with van der Waals surface area (Å²) in [6.45, 7) is 8.01. The van der Waals surface area contributed by atoms with Crippen molar-refractivity contribution in [3.05, 3.63) is 54.6 Å². The molecule has 0 radical (unpaired) electrons. The molecule has 0 heterocycles. The van der Waals surface area contributed by atoms with Gasteiger partial charge in [-0.2, -0.15) is 0 Å². The average Bonchev–Trinajstić information content (AvgIpc) is 2.67. The van der Waals surface area contributed by atoms with Gasteiger partial charge in [0.1, 0.15) is 0 Å². The highest BCUT2D eigenvalue weighted by molar-refractivity contribution is 5.77. The Morgan fingerprint density at radius 3 is 1.96 bits per heavy atom. The van der Waals surface area contributed by atoms with Crippen molar-refractivity contribution in [3.63, 3.8) is 0 Å². The predicted molar refractivity (Wildman–Crippen MR) is 117 cm³/mol. The summed E-state index contributed by atoms with van der Waals surface area (Å²) < 4.78 is 0. The third-order valence-corrected chi connectivity index (χ3v) is 5.07. The van der Waals surface area contributed by atoms with E-state index in [0.29, 0.717) is 6.04 Å². The Morgan fingerprint density at radius 2 is 1.31 bits per heavy atom. The third kappa shape index (κ3) is 5.79. The molecule has 0 aliphatic heterocycles. The van der Waals surface area contributed by atoms with E-state index in [9.17, 15) is 0 Å². The van der Waals surface area contributed by atoms with Crippen LogP contribution in [0.1, 0.15) is 59.3 Å². The lowest BCUT2D eigenvalue weighted by atomic mass is 10.1. The third-order valence-electron chi connectivity index (χ3n) is 5.07. The van der Waals surface area contributed by atoms with Crippen LogP contribution in [0.5, 0.6) is 0 Å². The summed E-state index contributed by atoms with van der Waals surface area (Å²) in [6, 6.07) is 19.9. The van der Waals surface area contributed by atoms with Crippen LogP contribution in [0.4, 0.5) is 17.1 Å². The second-order valence-electron chi connectivity index (χ2n) is 7.44. The number of rotatable bonds is 11. The van der Waals surface area contributed by atoms with E-state index < -0.39 is 0 Å². The van der Waals surface area contributed by atoms with Crippen molar-refractivity contribution in [1.29, 1.82) is 0 Å². The van der Waals surface area contributed by atoms with E-state index in [1.807, 2.05) is 0 Å². The number of benzene rings is 2. The minimum Gasteiger partial charge on any atom is -0.367 e. The van der Waals surface area contributed by atoms with Crippen LogP contribution in [0, 0.1) is 0 Å². The maximum absolute atomic E-state index is 2.56. The molecular formula is C24H36N2. The van der Waals surface area contributed by atoms with E-state index in [-0.39, 0.29) is 0 Å². The van der Waals surface area contributed by atoms with Crippen LogP contribution in [0.3, 0.4) is 0 Å². The van der Waals surface area contributed by atoms with E-state index in [1.54, 1.807) is 0 Å². The molecular weight excluding hydrogens is 316 g/mol. The van der Waals surface area contributed by atoms with E-state index in [1.165, 1.54) is 55.6 Å². The lowest BCUT2D eigenvalue weighted by molar-refractivity contribution is 0.581. The summed E-state index contributed by atoms with van der Waals surface area (Å²) in [5.41, 5.74) is 3.84. The smallest absolute Gasteiger partial charge is 0.0646 e. The van der Waals surface area contributed by atoms with Crippen LogP contribution in [0.2, 0.25) is 0 Å². The SMILES string of the molecule is CCCCCCCCN(c1ccccc1N(C)c1ccccc1)C(C)C. The maximum Gasteiger partial charge on any atom is 0.0646 e. The second kappa shape index (κ2) is 10.9. The Bertz CT molecular complexity index is 621. The molecule has 0 N–H and O–H groups in total. The molecule has 0 saturated heterocycles. The average molecular weight is 353 g/mol. The molecule has 2 rings (SSSR count). The van der Waals surface area contributed by atoms with Gasteiger partial charge in [-0.1, -0.05) is 69.4 Å². The molecule has 2 nitrogen and oxygen atoms in total. The summed E-state index contributed by atoms with van der Waals surface area (Å²) in [4.78, 5) is 4.86. The molecule has 0 spiro atoms. The monoisotopic (exact) mass is 352 g/mol. The standard InChI is InChI=1S/C24H36N2/c1-5-6-7-8-9-15-20-26(21(2)3)24-19-14-13-18-23(24)25(4)22-16-11-10-12-17-22/h10-14,16-19,21H,5-9,15,20H2,1-4H3. The summed E-state index contributed by atoms with van der Waals surface area (Å²) in [5.74, 6) is 0. The first-order valence-electron chi connectivity index (χ1n) is 10.3. The van der Waals surface area contributed by atoms with Crippen molar-refractivity contribution in [3.8, 4) is 0 Å². The summed E-state index contributed by atoms with van der Waals surface area (Å²) in [5, 5.41) is 0. The van der Waals surface area contributed by atoms with Gasteiger partial charge in [0.05, 0.1) is 11.4 Å². The highest BCUT2D eigenvalue weighted by atomic mass is 15.2. The van der Waals surface area contributed by atoms with E-state index >= 15 is 0 Å². The number of hydrogen-bond donors (Lipinski definition) is 0. The fourth-order valence-corrected chi connectivity index (χ4v) is 3.50. The number of hydrogen-bond acceptors (Lipinski definition) is 2. The van der Waals surface area contributed by atoms with Gasteiger partial charge in [-0.3, -0.25) is 0 Å². The van der Waals surface area contributed by atoms with Gasteiger partial charge in [0, 0.05) is 25.3 Å². The van der Waals surface area contributed by atoms with Crippen LogP contribution >= 0.6 is 0 Å². The van der Waals surface area contributed by atoms with Crippen molar-refractivity contribution in [2.45, 2.75) is 65.3 Å². The van der Waals surface area contributed by atoms with Gasteiger partial charge in [-0.25, -0.2) is 0 Å². The van der Waals surface area contributed by atoms with Crippen LogP contribution < -0.4 is 9.80 Å². The normalized spacial score (nSPS) is 11.0. The van der Waals surface area contributed by atoms with E-state index in [0.717, 1.165) is 6.54 Å². The molecule has 142 valence electrons. The van der Waals surface area contributed by atoms with Crippen LogP contribution in [-0.2, 0) is 0 Å². The Morgan fingerprint density at radius 1 is 0.731 bits per heavy atom. The number of anilines is 3. The quantitative estimate of drug-likeness (QED) is 0.400. The molecule has 0 bridgehead atoms. The first-order chi connectivity index (χ1) is 12.6. The van der Waals surface area contributed by atoms with Crippen molar-refractivity contribution < 1.29 is 0 Å². The van der Waals surface area contributed by atoms with Gasteiger partial charge < -0.3 is 9.80 Å². The largest absolute Gasteiger partial charge is 0.367 e. The van der Waals surface area contributed by atoms with Crippen LogP contribution in [-0.4, -0.2) is 19.6 Å². The van der Waals surface area contributed by atoms with Crippen LogP contribution in [0.15, 0.2) is 54.6 Å². The number of nitrogens with zero attached hydrogens (tertiary/aromatic N) is 2. The molecule has 2 aromatic rings. The molecule has 0 fully saturated rings. The maximum atomic E-state index is 2.56. The molecule has 2 heteroatoms. The summed E-state index contributed by atoms with van der Waals surface area (Å²) >= 11 is 0. The van der Waals surface area contributed by atoms with E-state index in [4.69, 9.17) is 0 Å². The minimum atomic E-state index is 0.496.